The van der Waals surface area contributed by atoms with Crippen LogP contribution >= 0.6 is 0 Å². The fourth-order valence-electron chi connectivity index (χ4n) is 4.51. The standard InChI is InChI=1S/C31H44O3/c1-4-6-8-10-12-14-26-23-32-31(33-24-26)29-17-15-27(16-18-29)28-19-21-30(22-20-28)34-25(3)13-11-9-7-5-2/h4,15-22,25-26,31H,1,5-14,23-24H2,2-3H3. The number of hydrogen-bond acceptors (Lipinski definition) is 3. The number of ether oxygens (including phenoxy) is 3. The van der Waals surface area contributed by atoms with E-state index in [1.807, 2.05) is 6.08 Å². The molecule has 3 rings (SSSR count). The maximum atomic E-state index is 6.10. The quantitative estimate of drug-likeness (QED) is 0.194. The first-order chi connectivity index (χ1) is 16.7. The van der Waals surface area contributed by atoms with Crippen LogP contribution in [0.3, 0.4) is 0 Å². The van der Waals surface area contributed by atoms with Crippen LogP contribution in [0.15, 0.2) is 61.2 Å². The lowest BCUT2D eigenvalue weighted by Gasteiger charge is -2.29. The number of rotatable bonds is 15. The molecule has 1 heterocycles. The summed E-state index contributed by atoms with van der Waals surface area (Å²) in [7, 11) is 0. The molecule has 1 saturated heterocycles. The molecule has 1 atom stereocenters. The largest absolute Gasteiger partial charge is 0.491 e. The van der Waals surface area contributed by atoms with Gasteiger partial charge in [-0.05, 0) is 62.3 Å². The third-order valence-corrected chi connectivity index (χ3v) is 6.66. The molecule has 0 amide bonds. The molecule has 3 heteroatoms. The van der Waals surface area contributed by atoms with Crippen molar-refractivity contribution in [2.45, 2.75) is 90.4 Å². The third kappa shape index (κ3) is 8.92. The molecule has 34 heavy (non-hydrogen) atoms. The summed E-state index contributed by atoms with van der Waals surface area (Å²) >= 11 is 0. The molecular weight excluding hydrogens is 420 g/mol. The van der Waals surface area contributed by atoms with Gasteiger partial charge in [0.15, 0.2) is 6.29 Å². The lowest BCUT2D eigenvalue weighted by Crippen LogP contribution is -2.27. The second kappa shape index (κ2) is 15.0. The fraction of sp³-hybridized carbons (Fsp3) is 0.548. The lowest BCUT2D eigenvalue weighted by molar-refractivity contribution is -0.206. The molecule has 3 nitrogen and oxygen atoms in total. The third-order valence-electron chi connectivity index (χ3n) is 6.66. The van der Waals surface area contributed by atoms with E-state index in [0.29, 0.717) is 5.92 Å². The van der Waals surface area contributed by atoms with Crippen LogP contribution in [0.4, 0.5) is 0 Å². The van der Waals surface area contributed by atoms with Gasteiger partial charge < -0.3 is 14.2 Å². The second-order valence-corrected chi connectivity index (χ2v) is 9.72. The zero-order valence-electron chi connectivity index (χ0n) is 21.3. The lowest BCUT2D eigenvalue weighted by atomic mass is 10.0. The molecule has 2 aromatic carbocycles. The van der Waals surface area contributed by atoms with E-state index in [9.17, 15) is 0 Å². The Kier molecular flexibility index (Phi) is 11.7. The van der Waals surface area contributed by atoms with Crippen molar-refractivity contribution >= 4 is 0 Å². The average Bonchev–Trinajstić information content (AvgIpc) is 2.87. The Bertz CT molecular complexity index is 804. The number of hydrogen-bond donors (Lipinski definition) is 0. The Morgan fingerprint density at radius 2 is 1.53 bits per heavy atom. The van der Waals surface area contributed by atoms with Crippen molar-refractivity contribution in [3.05, 3.63) is 66.7 Å². The minimum atomic E-state index is -0.249. The van der Waals surface area contributed by atoms with E-state index in [-0.39, 0.29) is 12.4 Å². The van der Waals surface area contributed by atoms with Crippen LogP contribution in [0.2, 0.25) is 0 Å². The van der Waals surface area contributed by atoms with Crippen LogP contribution in [0.25, 0.3) is 11.1 Å². The molecule has 0 radical (unpaired) electrons. The summed E-state index contributed by atoms with van der Waals surface area (Å²) in [4.78, 5) is 0. The van der Waals surface area contributed by atoms with Crippen molar-refractivity contribution < 1.29 is 14.2 Å². The van der Waals surface area contributed by atoms with Crippen molar-refractivity contribution in [2.75, 3.05) is 13.2 Å². The van der Waals surface area contributed by atoms with Gasteiger partial charge in [0.05, 0.1) is 19.3 Å². The summed E-state index contributed by atoms with van der Waals surface area (Å²) in [6.45, 7) is 9.77. The molecular formula is C31H44O3. The van der Waals surface area contributed by atoms with Crippen LogP contribution < -0.4 is 4.74 Å². The maximum Gasteiger partial charge on any atom is 0.183 e. The normalized spacial score (nSPS) is 19.0. The molecule has 1 aliphatic rings. The van der Waals surface area contributed by atoms with Gasteiger partial charge in [0, 0.05) is 11.5 Å². The van der Waals surface area contributed by atoms with E-state index >= 15 is 0 Å². The van der Waals surface area contributed by atoms with Crippen LogP contribution in [0, 0.1) is 5.92 Å². The molecule has 0 aromatic heterocycles. The first kappa shape index (κ1) is 26.5. The summed E-state index contributed by atoms with van der Waals surface area (Å²) < 4.78 is 18.2. The first-order valence-electron chi connectivity index (χ1n) is 13.4. The summed E-state index contributed by atoms with van der Waals surface area (Å²) in [5.74, 6) is 1.46. The Morgan fingerprint density at radius 3 is 2.18 bits per heavy atom. The number of unbranched alkanes of at least 4 members (excludes halogenated alkanes) is 6. The molecule has 1 aliphatic heterocycles. The summed E-state index contributed by atoms with van der Waals surface area (Å²) in [5.41, 5.74) is 3.47. The highest BCUT2D eigenvalue weighted by Crippen LogP contribution is 2.30. The summed E-state index contributed by atoms with van der Waals surface area (Å²) in [6, 6.07) is 17.0. The minimum absolute atomic E-state index is 0.249. The number of allylic oxidation sites excluding steroid dienone is 1. The predicted octanol–water partition coefficient (Wildman–Crippen LogP) is 8.89. The van der Waals surface area contributed by atoms with Gasteiger partial charge in [0.1, 0.15) is 5.75 Å². The predicted molar refractivity (Wildman–Crippen MR) is 142 cm³/mol. The van der Waals surface area contributed by atoms with Crippen LogP contribution in [0.5, 0.6) is 5.75 Å². The minimum Gasteiger partial charge on any atom is -0.491 e. The smallest absolute Gasteiger partial charge is 0.183 e. The van der Waals surface area contributed by atoms with Gasteiger partial charge in [0.25, 0.3) is 0 Å². The average molecular weight is 465 g/mol. The molecule has 186 valence electrons. The first-order valence-corrected chi connectivity index (χ1v) is 13.4. The van der Waals surface area contributed by atoms with E-state index in [0.717, 1.165) is 37.4 Å². The van der Waals surface area contributed by atoms with E-state index < -0.39 is 0 Å². The monoisotopic (exact) mass is 464 g/mol. The molecule has 0 bridgehead atoms. The summed E-state index contributed by atoms with van der Waals surface area (Å²) in [5, 5.41) is 0. The Morgan fingerprint density at radius 1 is 0.882 bits per heavy atom. The molecule has 0 saturated carbocycles. The highest BCUT2D eigenvalue weighted by Gasteiger charge is 2.23. The van der Waals surface area contributed by atoms with Gasteiger partial charge in [-0.15, -0.1) is 6.58 Å². The fourth-order valence-corrected chi connectivity index (χ4v) is 4.51. The van der Waals surface area contributed by atoms with Crippen LogP contribution in [-0.4, -0.2) is 19.3 Å². The van der Waals surface area contributed by atoms with Gasteiger partial charge in [0.2, 0.25) is 0 Å². The Balaban J connectivity index is 1.42. The highest BCUT2D eigenvalue weighted by atomic mass is 16.7. The second-order valence-electron chi connectivity index (χ2n) is 9.72. The van der Waals surface area contributed by atoms with Crippen LogP contribution in [0.1, 0.15) is 89.9 Å². The zero-order valence-corrected chi connectivity index (χ0v) is 21.3. The Labute approximate surface area is 207 Å². The zero-order chi connectivity index (χ0) is 24.0. The van der Waals surface area contributed by atoms with Crippen molar-refractivity contribution in [3.8, 4) is 16.9 Å². The molecule has 2 aromatic rings. The van der Waals surface area contributed by atoms with E-state index in [1.54, 1.807) is 0 Å². The molecule has 1 fully saturated rings. The van der Waals surface area contributed by atoms with E-state index in [4.69, 9.17) is 14.2 Å². The van der Waals surface area contributed by atoms with Crippen LogP contribution in [-0.2, 0) is 9.47 Å². The highest BCUT2D eigenvalue weighted by molar-refractivity contribution is 5.64. The van der Waals surface area contributed by atoms with Crippen molar-refractivity contribution in [3.63, 3.8) is 0 Å². The number of benzene rings is 2. The molecule has 0 N–H and O–H groups in total. The topological polar surface area (TPSA) is 27.7 Å². The van der Waals surface area contributed by atoms with Gasteiger partial charge in [-0.2, -0.15) is 0 Å². The van der Waals surface area contributed by atoms with Crippen molar-refractivity contribution in [1.29, 1.82) is 0 Å². The molecule has 0 spiro atoms. The maximum absolute atomic E-state index is 6.10. The van der Waals surface area contributed by atoms with Crippen molar-refractivity contribution in [2.24, 2.45) is 5.92 Å². The Hall–Kier alpha value is -2.10. The SMILES string of the molecule is C=CCCCCCC1COC(c2ccc(-c3ccc(OC(C)CCCCCC)cc3)cc2)OC1. The van der Waals surface area contributed by atoms with Gasteiger partial charge in [-0.25, -0.2) is 0 Å². The summed E-state index contributed by atoms with van der Waals surface area (Å²) in [6.07, 6.45) is 14.3. The molecule has 1 unspecified atom stereocenters. The molecule has 0 aliphatic carbocycles. The van der Waals surface area contributed by atoms with Gasteiger partial charge in [-0.3, -0.25) is 0 Å². The van der Waals surface area contributed by atoms with Gasteiger partial charge in [-0.1, -0.05) is 81.5 Å². The van der Waals surface area contributed by atoms with Crippen molar-refractivity contribution in [1.82, 2.24) is 0 Å². The van der Waals surface area contributed by atoms with E-state index in [1.165, 1.54) is 62.5 Å². The van der Waals surface area contributed by atoms with E-state index in [2.05, 4.69) is 69.0 Å². The van der Waals surface area contributed by atoms with Gasteiger partial charge >= 0.3 is 0 Å².